The second-order valence-electron chi connectivity index (χ2n) is 18.2. The van der Waals surface area contributed by atoms with Gasteiger partial charge in [0, 0.05) is 34.1 Å². The largest absolute Gasteiger partial charge is 0.310 e. The van der Waals surface area contributed by atoms with Gasteiger partial charge >= 0.3 is 0 Å². The molecule has 0 radical (unpaired) electrons. The van der Waals surface area contributed by atoms with Gasteiger partial charge in [0.1, 0.15) is 0 Å². The molecule has 0 aliphatic rings. The highest BCUT2D eigenvalue weighted by Crippen LogP contribution is 2.45. The summed E-state index contributed by atoms with van der Waals surface area (Å²) in [7, 11) is 0. The summed E-state index contributed by atoms with van der Waals surface area (Å²) >= 11 is 0. The molecule has 2 nitrogen and oxygen atoms in total. The van der Waals surface area contributed by atoms with E-state index in [1.807, 2.05) is 0 Å². The minimum absolute atomic E-state index is 1.04. The Morgan fingerprint density at radius 2 is 0.458 bits per heavy atom. The van der Waals surface area contributed by atoms with E-state index in [-0.39, 0.29) is 0 Å². The van der Waals surface area contributed by atoms with E-state index >= 15 is 0 Å². The fourth-order valence-corrected chi connectivity index (χ4v) is 9.99. The summed E-state index contributed by atoms with van der Waals surface area (Å²) in [5.74, 6) is 0. The van der Waals surface area contributed by atoms with E-state index in [1.54, 1.807) is 0 Å². The standard InChI is InChI=1S/C70H50N2/c1-5-17-51(18-6-1)55-31-39-63(40-32-55)71(64-41-33-56(34-42-64)52-19-7-2-8-20-52)67-48-62(70-30-16-26-59-25-13-14-29-69(59)70)49-68(50-67)72(65-43-35-57(36-44-65)53-21-9-3-10-22-53)66-45-37-58(38-46-66)61-28-15-27-60(47-61)54-23-11-4-12-24-54/h1-50H. The van der Waals surface area contributed by atoms with E-state index in [0.717, 1.165) is 45.3 Å². The van der Waals surface area contributed by atoms with Crippen LogP contribution in [0.3, 0.4) is 0 Å². The van der Waals surface area contributed by atoms with Crippen LogP contribution in [0.4, 0.5) is 34.1 Å². The van der Waals surface area contributed by atoms with Crippen LogP contribution in [0, 0.1) is 0 Å². The first-order valence-corrected chi connectivity index (χ1v) is 24.6. The van der Waals surface area contributed by atoms with Crippen LogP contribution in [-0.4, -0.2) is 0 Å². The monoisotopic (exact) mass is 918 g/mol. The zero-order valence-electron chi connectivity index (χ0n) is 39.8. The Bertz CT molecular complexity index is 3650. The maximum Gasteiger partial charge on any atom is 0.0488 e. The van der Waals surface area contributed by atoms with Crippen LogP contribution >= 0.6 is 0 Å². The lowest BCUT2D eigenvalue weighted by Gasteiger charge is -2.31. The van der Waals surface area contributed by atoms with Gasteiger partial charge in [-0.05, 0) is 150 Å². The molecule has 340 valence electrons. The molecule has 0 N–H and O–H groups in total. The van der Waals surface area contributed by atoms with Crippen LogP contribution in [0.25, 0.3) is 77.5 Å². The molecule has 0 saturated heterocycles. The van der Waals surface area contributed by atoms with Gasteiger partial charge in [-0.3, -0.25) is 0 Å². The molecule has 12 rings (SSSR count). The maximum atomic E-state index is 2.41. The van der Waals surface area contributed by atoms with E-state index in [2.05, 4.69) is 313 Å². The van der Waals surface area contributed by atoms with Crippen LogP contribution < -0.4 is 9.80 Å². The van der Waals surface area contributed by atoms with Crippen molar-refractivity contribution in [1.29, 1.82) is 0 Å². The van der Waals surface area contributed by atoms with Gasteiger partial charge in [0.05, 0.1) is 0 Å². The molecule has 0 heterocycles. The molecule has 2 heteroatoms. The Hall–Kier alpha value is -9.50. The van der Waals surface area contributed by atoms with Gasteiger partial charge in [-0.1, -0.05) is 231 Å². The SMILES string of the molecule is c1ccc(-c2ccc(N(c3ccc(-c4ccccc4)cc3)c3cc(-c4cccc5ccccc45)cc(N(c4ccc(-c5ccccc5)cc4)c4ccc(-c5cccc(-c6ccccc6)c5)cc4)c3)cc2)cc1. The van der Waals surface area contributed by atoms with Gasteiger partial charge in [-0.2, -0.15) is 0 Å². The molecule has 0 fully saturated rings. The van der Waals surface area contributed by atoms with Crippen LogP contribution in [-0.2, 0) is 0 Å². The molecule has 0 saturated carbocycles. The van der Waals surface area contributed by atoms with E-state index in [9.17, 15) is 0 Å². The summed E-state index contributed by atoms with van der Waals surface area (Å²) in [4.78, 5) is 4.81. The Morgan fingerprint density at radius 3 is 0.861 bits per heavy atom. The molecule has 0 aliphatic carbocycles. The van der Waals surface area contributed by atoms with E-state index in [4.69, 9.17) is 0 Å². The third-order valence-corrected chi connectivity index (χ3v) is 13.6. The molecule has 0 atom stereocenters. The molecule has 72 heavy (non-hydrogen) atoms. The van der Waals surface area contributed by atoms with Crippen molar-refractivity contribution in [2.24, 2.45) is 0 Å². The van der Waals surface area contributed by atoms with Crippen molar-refractivity contribution in [3.63, 3.8) is 0 Å². The normalized spacial score (nSPS) is 11.1. The van der Waals surface area contributed by atoms with E-state index in [0.29, 0.717) is 0 Å². The number of fused-ring (bicyclic) bond motifs is 1. The van der Waals surface area contributed by atoms with Gasteiger partial charge in [0.2, 0.25) is 0 Å². The van der Waals surface area contributed by atoms with Crippen molar-refractivity contribution in [3.05, 3.63) is 303 Å². The number of benzene rings is 12. The fourth-order valence-electron chi connectivity index (χ4n) is 9.99. The van der Waals surface area contributed by atoms with Gasteiger partial charge in [-0.15, -0.1) is 0 Å². The Balaban J connectivity index is 1.05. The van der Waals surface area contributed by atoms with Crippen LogP contribution in [0.1, 0.15) is 0 Å². The summed E-state index contributed by atoms with van der Waals surface area (Å²) in [6.45, 7) is 0. The number of hydrogen-bond acceptors (Lipinski definition) is 2. The lowest BCUT2D eigenvalue weighted by molar-refractivity contribution is 1.25. The molecular weight excluding hydrogens is 869 g/mol. The molecule has 12 aromatic carbocycles. The van der Waals surface area contributed by atoms with Gasteiger partial charge in [0.25, 0.3) is 0 Å². The van der Waals surface area contributed by atoms with Crippen molar-refractivity contribution in [1.82, 2.24) is 0 Å². The number of nitrogens with zero attached hydrogens (tertiary/aromatic N) is 2. The smallest absolute Gasteiger partial charge is 0.0488 e. The van der Waals surface area contributed by atoms with Crippen molar-refractivity contribution in [2.45, 2.75) is 0 Å². The van der Waals surface area contributed by atoms with Gasteiger partial charge in [-0.25, -0.2) is 0 Å². The molecule has 0 unspecified atom stereocenters. The van der Waals surface area contributed by atoms with E-state index in [1.165, 1.54) is 66.4 Å². The molecule has 0 aliphatic heterocycles. The number of hydrogen-bond donors (Lipinski definition) is 0. The quantitative estimate of drug-likeness (QED) is 0.120. The third kappa shape index (κ3) is 9.09. The average molecular weight is 919 g/mol. The summed E-state index contributed by atoms with van der Waals surface area (Å²) in [6, 6.07) is 110. The Morgan fingerprint density at radius 1 is 0.167 bits per heavy atom. The number of anilines is 6. The summed E-state index contributed by atoms with van der Waals surface area (Å²) in [5, 5.41) is 2.40. The average Bonchev–Trinajstić information content (AvgIpc) is 3.47. The zero-order valence-corrected chi connectivity index (χ0v) is 39.8. The van der Waals surface area contributed by atoms with Crippen molar-refractivity contribution < 1.29 is 0 Å². The molecule has 0 amide bonds. The highest BCUT2D eigenvalue weighted by atomic mass is 15.2. The van der Waals surface area contributed by atoms with Crippen LogP contribution in [0.2, 0.25) is 0 Å². The Labute approximate surface area is 422 Å². The summed E-state index contributed by atoms with van der Waals surface area (Å²) in [6.07, 6.45) is 0. The van der Waals surface area contributed by atoms with Crippen molar-refractivity contribution >= 4 is 44.9 Å². The highest BCUT2D eigenvalue weighted by Gasteiger charge is 2.21. The topological polar surface area (TPSA) is 6.48 Å². The first kappa shape index (κ1) is 43.8. The highest BCUT2D eigenvalue weighted by molar-refractivity contribution is 5.99. The second-order valence-corrected chi connectivity index (χ2v) is 18.2. The Kier molecular flexibility index (Phi) is 12.1. The van der Waals surface area contributed by atoms with Crippen molar-refractivity contribution in [2.75, 3.05) is 9.80 Å². The predicted molar refractivity (Wildman–Crippen MR) is 306 cm³/mol. The number of rotatable bonds is 12. The zero-order chi connectivity index (χ0) is 48.1. The molecule has 0 bridgehead atoms. The second kappa shape index (κ2) is 19.8. The van der Waals surface area contributed by atoms with Gasteiger partial charge in [0.15, 0.2) is 0 Å². The van der Waals surface area contributed by atoms with Crippen LogP contribution in [0.15, 0.2) is 303 Å². The lowest BCUT2D eigenvalue weighted by atomic mass is 9.96. The molecule has 12 aromatic rings. The van der Waals surface area contributed by atoms with Crippen molar-refractivity contribution in [3.8, 4) is 66.8 Å². The first-order valence-electron chi connectivity index (χ1n) is 24.6. The molecular formula is C70H50N2. The maximum absolute atomic E-state index is 2.41. The fraction of sp³-hybridized carbons (Fsp3) is 0. The molecule has 0 aromatic heterocycles. The summed E-state index contributed by atoms with van der Waals surface area (Å²) < 4.78 is 0. The minimum Gasteiger partial charge on any atom is -0.310 e. The van der Waals surface area contributed by atoms with E-state index < -0.39 is 0 Å². The third-order valence-electron chi connectivity index (χ3n) is 13.6. The van der Waals surface area contributed by atoms with Gasteiger partial charge < -0.3 is 9.80 Å². The van der Waals surface area contributed by atoms with Crippen LogP contribution in [0.5, 0.6) is 0 Å². The predicted octanol–water partition coefficient (Wildman–Crippen LogP) is 19.8. The summed E-state index contributed by atoms with van der Waals surface area (Å²) in [5.41, 5.74) is 20.4. The lowest BCUT2D eigenvalue weighted by Crippen LogP contribution is -2.14. The first-order chi connectivity index (χ1) is 35.7. The minimum atomic E-state index is 1.04. The molecule has 0 spiro atoms.